The minimum absolute atomic E-state index is 0.0118. The second-order valence-corrected chi connectivity index (χ2v) is 6.07. The van der Waals surface area contributed by atoms with Gasteiger partial charge in [-0.05, 0) is 25.1 Å². The zero-order chi connectivity index (χ0) is 16.3. The lowest BCUT2D eigenvalue weighted by atomic mass is 10.1. The Balaban J connectivity index is 2.15. The maximum atomic E-state index is 11.6. The fourth-order valence-electron chi connectivity index (χ4n) is 1.72. The van der Waals surface area contributed by atoms with Crippen molar-refractivity contribution in [1.29, 1.82) is 0 Å². The van der Waals surface area contributed by atoms with Gasteiger partial charge < -0.3 is 15.5 Å². The first-order valence-electron chi connectivity index (χ1n) is 6.17. The van der Waals surface area contributed by atoms with Crippen molar-refractivity contribution in [2.45, 2.75) is 18.6 Å². The third-order valence-corrected chi connectivity index (χ3v) is 4.08. The van der Waals surface area contributed by atoms with E-state index in [1.165, 1.54) is 6.07 Å². The standard InChI is InChI=1S/C13H12ClN3O4S/c1-6(8-4-7(14)2-3-9(8)18)16-17-13-15-12(21)10(22-13)5-11(19)20/h2-4,10,18H,5H2,1H3,(H,19,20)(H,15,17,21)/b16-6+. The molecule has 0 radical (unpaired) electrons. The molecule has 0 aliphatic carbocycles. The van der Waals surface area contributed by atoms with E-state index in [1.807, 2.05) is 0 Å². The summed E-state index contributed by atoms with van der Waals surface area (Å²) in [5, 5.41) is 28.7. The van der Waals surface area contributed by atoms with E-state index < -0.39 is 17.1 Å². The summed E-state index contributed by atoms with van der Waals surface area (Å²) in [5.41, 5.74) is 0.831. The Morgan fingerprint density at radius 2 is 2.23 bits per heavy atom. The lowest BCUT2D eigenvalue weighted by Gasteiger charge is -2.03. The molecule has 2 rings (SSSR count). The van der Waals surface area contributed by atoms with E-state index in [1.54, 1.807) is 19.1 Å². The van der Waals surface area contributed by atoms with E-state index in [0.29, 0.717) is 16.3 Å². The molecule has 0 saturated carbocycles. The maximum absolute atomic E-state index is 11.6. The molecule has 1 atom stereocenters. The first-order valence-corrected chi connectivity index (χ1v) is 7.43. The number of phenolic OH excluding ortho intramolecular Hbond substituents is 1. The molecule has 0 spiro atoms. The van der Waals surface area contributed by atoms with Gasteiger partial charge in [0.15, 0.2) is 5.17 Å². The number of nitrogens with zero attached hydrogens (tertiary/aromatic N) is 2. The Kier molecular flexibility index (Phi) is 5.04. The molecular formula is C13H12ClN3O4S. The second kappa shape index (κ2) is 6.80. The summed E-state index contributed by atoms with van der Waals surface area (Å²) in [6.07, 6.45) is -0.284. The SMILES string of the molecule is C/C(=N\N=C1\NC(=O)C(CC(=O)O)S1)c1cc(Cl)ccc1O. The monoisotopic (exact) mass is 341 g/mol. The minimum Gasteiger partial charge on any atom is -0.507 e. The summed E-state index contributed by atoms with van der Waals surface area (Å²) in [5.74, 6) is -1.46. The normalized spacial score (nSPS) is 20.3. The molecule has 1 aromatic carbocycles. The smallest absolute Gasteiger partial charge is 0.305 e. The summed E-state index contributed by atoms with van der Waals surface area (Å²) in [6.45, 7) is 1.63. The Labute approximate surface area is 135 Å². The predicted molar refractivity (Wildman–Crippen MR) is 84.5 cm³/mol. The third-order valence-electron chi connectivity index (χ3n) is 2.78. The molecule has 0 bridgehead atoms. The van der Waals surface area contributed by atoms with Crippen LogP contribution in [0.15, 0.2) is 28.4 Å². The number of amides is 1. The number of nitrogens with one attached hydrogen (secondary N) is 1. The average molecular weight is 342 g/mol. The van der Waals surface area contributed by atoms with Gasteiger partial charge in [-0.3, -0.25) is 9.59 Å². The van der Waals surface area contributed by atoms with Gasteiger partial charge >= 0.3 is 5.97 Å². The molecule has 1 unspecified atom stereocenters. The number of carbonyl (C=O) groups excluding carboxylic acids is 1. The summed E-state index contributed by atoms with van der Waals surface area (Å²) >= 11 is 6.86. The first-order chi connectivity index (χ1) is 10.4. The van der Waals surface area contributed by atoms with Gasteiger partial charge in [0.25, 0.3) is 0 Å². The first kappa shape index (κ1) is 16.3. The average Bonchev–Trinajstić information content (AvgIpc) is 2.78. The van der Waals surface area contributed by atoms with Crippen molar-refractivity contribution in [2.75, 3.05) is 0 Å². The van der Waals surface area contributed by atoms with Gasteiger partial charge in [-0.25, -0.2) is 0 Å². The lowest BCUT2D eigenvalue weighted by molar-refractivity contribution is -0.138. The molecule has 1 amide bonds. The molecule has 0 aromatic heterocycles. The lowest BCUT2D eigenvalue weighted by Crippen LogP contribution is -2.26. The number of amidine groups is 1. The highest BCUT2D eigenvalue weighted by molar-refractivity contribution is 8.15. The predicted octanol–water partition coefficient (Wildman–Crippen LogP) is 1.83. The van der Waals surface area contributed by atoms with Crippen LogP contribution in [0.1, 0.15) is 18.9 Å². The van der Waals surface area contributed by atoms with Crippen molar-refractivity contribution in [3.63, 3.8) is 0 Å². The Bertz CT molecular complexity index is 690. The van der Waals surface area contributed by atoms with Gasteiger partial charge in [0.1, 0.15) is 11.0 Å². The molecule has 1 aliphatic rings. The molecule has 1 saturated heterocycles. The maximum Gasteiger partial charge on any atom is 0.305 e. The molecule has 1 fully saturated rings. The van der Waals surface area contributed by atoms with E-state index >= 15 is 0 Å². The van der Waals surface area contributed by atoms with Crippen LogP contribution in [-0.4, -0.2) is 38.2 Å². The van der Waals surface area contributed by atoms with Gasteiger partial charge in [0, 0.05) is 10.6 Å². The molecule has 7 nitrogen and oxygen atoms in total. The van der Waals surface area contributed by atoms with E-state index in [9.17, 15) is 14.7 Å². The van der Waals surface area contributed by atoms with Gasteiger partial charge in [-0.1, -0.05) is 23.4 Å². The highest BCUT2D eigenvalue weighted by Crippen LogP contribution is 2.24. The number of carbonyl (C=O) groups is 2. The topological polar surface area (TPSA) is 111 Å². The fraction of sp³-hybridized carbons (Fsp3) is 0.231. The highest BCUT2D eigenvalue weighted by Gasteiger charge is 2.32. The fourth-order valence-corrected chi connectivity index (χ4v) is 2.80. The van der Waals surface area contributed by atoms with Crippen LogP contribution < -0.4 is 5.32 Å². The van der Waals surface area contributed by atoms with E-state index in [2.05, 4.69) is 15.5 Å². The number of aromatic hydroxyl groups is 1. The molecule has 22 heavy (non-hydrogen) atoms. The van der Waals surface area contributed by atoms with Crippen LogP contribution in [0.2, 0.25) is 5.02 Å². The molecule has 3 N–H and O–H groups in total. The number of aliphatic carboxylic acids is 1. The Morgan fingerprint density at radius 3 is 2.91 bits per heavy atom. The van der Waals surface area contributed by atoms with Crippen LogP contribution in [0, 0.1) is 0 Å². The summed E-state index contributed by atoms with van der Waals surface area (Å²) < 4.78 is 0. The number of benzene rings is 1. The van der Waals surface area contributed by atoms with Crippen molar-refractivity contribution in [1.82, 2.24) is 5.32 Å². The molecule has 116 valence electrons. The summed E-state index contributed by atoms with van der Waals surface area (Å²) in [6, 6.07) is 4.53. The van der Waals surface area contributed by atoms with E-state index in [-0.39, 0.29) is 17.3 Å². The second-order valence-electron chi connectivity index (χ2n) is 4.45. The van der Waals surface area contributed by atoms with Crippen molar-refractivity contribution >= 4 is 46.1 Å². The van der Waals surface area contributed by atoms with Gasteiger partial charge in [0.2, 0.25) is 5.91 Å². The van der Waals surface area contributed by atoms with Crippen LogP contribution >= 0.6 is 23.4 Å². The van der Waals surface area contributed by atoms with Crippen molar-refractivity contribution in [3.8, 4) is 5.75 Å². The zero-order valence-electron chi connectivity index (χ0n) is 11.4. The van der Waals surface area contributed by atoms with Crippen LogP contribution in [0.3, 0.4) is 0 Å². The third kappa shape index (κ3) is 3.99. The van der Waals surface area contributed by atoms with Crippen LogP contribution in [0.5, 0.6) is 5.75 Å². The largest absolute Gasteiger partial charge is 0.507 e. The van der Waals surface area contributed by atoms with E-state index in [4.69, 9.17) is 16.7 Å². The highest BCUT2D eigenvalue weighted by atomic mass is 35.5. The number of rotatable bonds is 4. The van der Waals surface area contributed by atoms with Crippen molar-refractivity contribution < 1.29 is 19.8 Å². The quantitative estimate of drug-likeness (QED) is 0.571. The van der Waals surface area contributed by atoms with Crippen LogP contribution in [-0.2, 0) is 9.59 Å². The number of carboxylic acids is 1. The number of carboxylic acid groups (broad SMARTS) is 1. The van der Waals surface area contributed by atoms with Crippen LogP contribution in [0.25, 0.3) is 0 Å². The molecular weight excluding hydrogens is 330 g/mol. The summed E-state index contributed by atoms with van der Waals surface area (Å²) in [7, 11) is 0. The van der Waals surface area contributed by atoms with Crippen molar-refractivity contribution in [3.05, 3.63) is 28.8 Å². The van der Waals surface area contributed by atoms with Gasteiger partial charge in [0.05, 0.1) is 12.1 Å². The Hall–Kier alpha value is -2.06. The number of hydrogen-bond donors (Lipinski definition) is 3. The molecule has 9 heteroatoms. The number of hydrogen-bond acceptors (Lipinski definition) is 6. The molecule has 1 heterocycles. The van der Waals surface area contributed by atoms with Gasteiger partial charge in [-0.15, -0.1) is 5.10 Å². The number of phenols is 1. The van der Waals surface area contributed by atoms with Crippen molar-refractivity contribution in [2.24, 2.45) is 10.2 Å². The number of halogens is 1. The molecule has 1 aliphatic heterocycles. The Morgan fingerprint density at radius 1 is 1.50 bits per heavy atom. The summed E-state index contributed by atoms with van der Waals surface area (Å²) in [4.78, 5) is 22.2. The molecule has 1 aromatic rings. The van der Waals surface area contributed by atoms with Gasteiger partial charge in [-0.2, -0.15) is 5.10 Å². The zero-order valence-corrected chi connectivity index (χ0v) is 13.0. The minimum atomic E-state index is -1.06. The van der Waals surface area contributed by atoms with Crippen LogP contribution in [0.4, 0.5) is 0 Å². The number of thioether (sulfide) groups is 1. The van der Waals surface area contributed by atoms with E-state index in [0.717, 1.165) is 11.8 Å².